The van der Waals surface area contributed by atoms with E-state index in [1.165, 1.54) is 0 Å². The summed E-state index contributed by atoms with van der Waals surface area (Å²) in [7, 11) is 0. The van der Waals surface area contributed by atoms with Gasteiger partial charge in [0.05, 0.1) is 11.5 Å². The second-order valence-corrected chi connectivity index (χ2v) is 7.66. The van der Waals surface area contributed by atoms with E-state index in [0.717, 1.165) is 18.4 Å². The third-order valence-corrected chi connectivity index (χ3v) is 5.95. The highest BCUT2D eigenvalue weighted by atomic mass is 35.5. The van der Waals surface area contributed by atoms with Gasteiger partial charge >= 0.3 is 0 Å². The van der Waals surface area contributed by atoms with Gasteiger partial charge in [-0.05, 0) is 30.5 Å². The molecule has 23 heavy (non-hydrogen) atoms. The molecule has 1 saturated carbocycles. The maximum atomic E-state index is 12.7. The monoisotopic (exact) mass is 333 g/mol. The van der Waals surface area contributed by atoms with Crippen LogP contribution in [0.15, 0.2) is 24.3 Å². The zero-order valence-corrected chi connectivity index (χ0v) is 13.6. The second-order valence-electron chi connectivity index (χ2n) is 7.22. The Kier molecular flexibility index (Phi) is 3.50. The van der Waals surface area contributed by atoms with Crippen LogP contribution < -0.4 is 0 Å². The first-order chi connectivity index (χ1) is 11.0. The molecule has 1 aliphatic carbocycles. The van der Waals surface area contributed by atoms with Crippen LogP contribution in [0.4, 0.5) is 0 Å². The lowest BCUT2D eigenvalue weighted by molar-refractivity contribution is -0.153. The van der Waals surface area contributed by atoms with Crippen LogP contribution in [0.3, 0.4) is 0 Å². The average Bonchev–Trinajstić information content (AvgIpc) is 2.76. The van der Waals surface area contributed by atoms with Crippen LogP contribution in [-0.4, -0.2) is 33.8 Å². The van der Waals surface area contributed by atoms with Gasteiger partial charge in [0, 0.05) is 42.8 Å². The van der Waals surface area contributed by atoms with Crippen molar-refractivity contribution in [1.82, 2.24) is 4.90 Å². The van der Waals surface area contributed by atoms with E-state index in [4.69, 9.17) is 11.6 Å². The Hall–Kier alpha value is -1.39. The Bertz CT molecular complexity index is 635. The molecule has 0 radical (unpaired) electrons. The Labute approximate surface area is 140 Å². The number of rotatable bonds is 2. The van der Waals surface area contributed by atoms with Crippen LogP contribution in [0, 0.1) is 5.92 Å². The minimum Gasteiger partial charge on any atom is -0.385 e. The molecule has 1 N–H and O–H groups in total. The Morgan fingerprint density at radius 1 is 1.13 bits per heavy atom. The molecule has 2 atom stereocenters. The summed E-state index contributed by atoms with van der Waals surface area (Å²) in [5.41, 5.74) is -0.00690. The second kappa shape index (κ2) is 5.32. The molecule has 4 nitrogen and oxygen atoms in total. The van der Waals surface area contributed by atoms with Gasteiger partial charge in [0.1, 0.15) is 5.78 Å². The number of Topliss-reactive ketones (excluding diaryl/α,β-unsaturated/α-hetero) is 1. The molecule has 2 saturated heterocycles. The minimum atomic E-state index is -0.886. The topological polar surface area (TPSA) is 57.6 Å². The lowest BCUT2D eigenvalue weighted by Crippen LogP contribution is -2.55. The minimum absolute atomic E-state index is 0.0811. The number of nitrogens with zero attached hydrogens (tertiary/aromatic N) is 1. The molecule has 4 rings (SSSR count). The number of carbonyl (C=O) groups excluding carboxylic acids is 2. The summed E-state index contributed by atoms with van der Waals surface area (Å²) in [6.45, 7) is 0. The lowest BCUT2D eigenvalue weighted by atomic mass is 9.78. The van der Waals surface area contributed by atoms with Crippen molar-refractivity contribution >= 4 is 23.3 Å². The van der Waals surface area contributed by atoms with E-state index in [2.05, 4.69) is 0 Å². The van der Waals surface area contributed by atoms with Crippen LogP contribution in [0.25, 0.3) is 0 Å². The van der Waals surface area contributed by atoms with Crippen molar-refractivity contribution in [2.45, 2.75) is 56.2 Å². The zero-order chi connectivity index (χ0) is 16.2. The maximum absolute atomic E-state index is 12.7. The van der Waals surface area contributed by atoms with Crippen LogP contribution in [0.1, 0.15) is 44.1 Å². The van der Waals surface area contributed by atoms with Crippen molar-refractivity contribution in [3.63, 3.8) is 0 Å². The van der Waals surface area contributed by atoms with Gasteiger partial charge in [0.25, 0.3) is 0 Å². The van der Waals surface area contributed by atoms with Crippen molar-refractivity contribution in [2.24, 2.45) is 5.92 Å². The SMILES string of the molecule is O=C1CC(C(=O)N2[C@H]3CC[C@H]2CC(O)(c2ccc(Cl)cc2)C3)C1. The summed E-state index contributed by atoms with van der Waals surface area (Å²) in [6, 6.07) is 7.52. The van der Waals surface area contributed by atoms with Crippen LogP contribution in [0.2, 0.25) is 5.02 Å². The van der Waals surface area contributed by atoms with E-state index >= 15 is 0 Å². The molecule has 122 valence electrons. The number of hydrogen-bond donors (Lipinski definition) is 1. The van der Waals surface area contributed by atoms with E-state index < -0.39 is 5.60 Å². The number of benzene rings is 1. The Balaban J connectivity index is 1.54. The highest BCUT2D eigenvalue weighted by molar-refractivity contribution is 6.30. The summed E-state index contributed by atoms with van der Waals surface area (Å²) in [5.74, 6) is 0.188. The van der Waals surface area contributed by atoms with Crippen molar-refractivity contribution in [2.75, 3.05) is 0 Å². The van der Waals surface area contributed by atoms with E-state index in [1.54, 1.807) is 12.1 Å². The van der Waals surface area contributed by atoms with Gasteiger partial charge in [-0.2, -0.15) is 0 Å². The number of carbonyl (C=O) groups is 2. The molecular weight excluding hydrogens is 314 g/mol. The lowest BCUT2D eigenvalue weighted by Gasteiger charge is -2.45. The van der Waals surface area contributed by atoms with Crippen LogP contribution >= 0.6 is 11.6 Å². The molecule has 1 aromatic rings. The summed E-state index contributed by atoms with van der Waals surface area (Å²) >= 11 is 5.94. The normalized spacial score (nSPS) is 33.7. The standard InChI is InChI=1S/C18H20ClNO3/c19-13-3-1-12(2-4-13)18(23)9-14-5-6-15(10-18)20(14)17(22)11-7-16(21)8-11/h1-4,11,14-15,23H,5-10H2/t14-,15-/m0/s1. The first kappa shape index (κ1) is 15.2. The number of fused-ring (bicyclic) bond motifs is 2. The molecule has 0 aromatic heterocycles. The molecule has 1 amide bonds. The predicted octanol–water partition coefficient (Wildman–Crippen LogP) is 2.66. The molecule has 3 aliphatic rings. The number of ketones is 1. The van der Waals surface area contributed by atoms with Gasteiger partial charge in [0.15, 0.2) is 0 Å². The maximum Gasteiger partial charge on any atom is 0.227 e. The number of piperidine rings is 1. The van der Waals surface area contributed by atoms with E-state index in [9.17, 15) is 14.7 Å². The quantitative estimate of drug-likeness (QED) is 0.905. The summed E-state index contributed by atoms with van der Waals surface area (Å²) in [4.78, 5) is 25.8. The molecule has 2 heterocycles. The van der Waals surface area contributed by atoms with Crippen molar-refractivity contribution in [3.05, 3.63) is 34.9 Å². The Morgan fingerprint density at radius 3 is 2.22 bits per heavy atom. The highest BCUT2D eigenvalue weighted by Gasteiger charge is 2.51. The molecule has 2 bridgehead atoms. The number of hydrogen-bond acceptors (Lipinski definition) is 3. The fourth-order valence-corrected chi connectivity index (χ4v) is 4.58. The van der Waals surface area contributed by atoms with Gasteiger partial charge < -0.3 is 10.0 Å². The van der Waals surface area contributed by atoms with Gasteiger partial charge in [-0.3, -0.25) is 9.59 Å². The average molecular weight is 334 g/mol. The Morgan fingerprint density at radius 2 is 1.70 bits per heavy atom. The van der Waals surface area contributed by atoms with E-state index in [0.29, 0.717) is 30.7 Å². The third kappa shape index (κ3) is 2.48. The fraction of sp³-hybridized carbons (Fsp3) is 0.556. The zero-order valence-electron chi connectivity index (χ0n) is 12.9. The molecular formula is C18H20ClNO3. The first-order valence-corrected chi connectivity index (χ1v) is 8.66. The van der Waals surface area contributed by atoms with Crippen molar-refractivity contribution in [3.8, 4) is 0 Å². The summed E-state index contributed by atoms with van der Waals surface area (Å²) in [5, 5.41) is 11.8. The molecule has 0 unspecified atom stereocenters. The van der Waals surface area contributed by atoms with Gasteiger partial charge in [-0.15, -0.1) is 0 Å². The molecule has 1 aromatic carbocycles. The largest absolute Gasteiger partial charge is 0.385 e. The first-order valence-electron chi connectivity index (χ1n) is 8.28. The van der Waals surface area contributed by atoms with Crippen LogP contribution in [0.5, 0.6) is 0 Å². The number of halogens is 1. The van der Waals surface area contributed by atoms with Gasteiger partial charge in [-0.25, -0.2) is 0 Å². The molecule has 0 spiro atoms. The smallest absolute Gasteiger partial charge is 0.227 e. The third-order valence-electron chi connectivity index (χ3n) is 5.70. The predicted molar refractivity (Wildman–Crippen MR) is 86.0 cm³/mol. The van der Waals surface area contributed by atoms with Crippen LogP contribution in [-0.2, 0) is 15.2 Å². The van der Waals surface area contributed by atoms with Gasteiger partial charge in [-0.1, -0.05) is 23.7 Å². The van der Waals surface area contributed by atoms with Crippen molar-refractivity contribution < 1.29 is 14.7 Å². The summed E-state index contributed by atoms with van der Waals surface area (Å²) < 4.78 is 0. The van der Waals surface area contributed by atoms with E-state index in [1.807, 2.05) is 17.0 Å². The highest BCUT2D eigenvalue weighted by Crippen LogP contribution is 2.47. The van der Waals surface area contributed by atoms with E-state index in [-0.39, 0.29) is 29.7 Å². The number of aliphatic hydroxyl groups is 1. The number of amides is 1. The van der Waals surface area contributed by atoms with Gasteiger partial charge in [0.2, 0.25) is 5.91 Å². The molecule has 2 aliphatic heterocycles. The molecule has 5 heteroatoms. The molecule has 3 fully saturated rings. The summed E-state index contributed by atoms with van der Waals surface area (Å²) in [6.07, 6.45) is 3.81. The fourth-order valence-electron chi connectivity index (χ4n) is 4.46. The van der Waals surface area contributed by atoms with Crippen molar-refractivity contribution in [1.29, 1.82) is 0 Å².